The first-order valence-electron chi connectivity index (χ1n) is 7.73. The van der Waals surface area contributed by atoms with Gasteiger partial charge >= 0.3 is 0 Å². The van der Waals surface area contributed by atoms with Gasteiger partial charge in [0.1, 0.15) is 5.82 Å². The van der Waals surface area contributed by atoms with Crippen LogP contribution in [0.5, 0.6) is 0 Å². The number of halogens is 1. The number of likely N-dealkylation sites (N-methyl/N-ethyl adjacent to an activating group) is 1. The first kappa shape index (κ1) is 17.2. The minimum absolute atomic E-state index is 0.121. The number of hydrogen-bond donors (Lipinski definition) is 2. The molecule has 8 heteroatoms. The van der Waals surface area contributed by atoms with Crippen molar-refractivity contribution < 1.29 is 9.18 Å². The molecule has 1 aromatic carbocycles. The third kappa shape index (κ3) is 4.09. The van der Waals surface area contributed by atoms with Gasteiger partial charge in [0.15, 0.2) is 5.13 Å². The number of aromatic amines is 1. The number of anilines is 1. The Bertz CT molecular complexity index is 831. The molecule has 0 unspecified atom stereocenters. The number of carbonyl (C=O) groups is 1. The smallest absolute Gasteiger partial charge is 0.243 e. The number of carbonyl (C=O) groups excluding carboxylic acids is 1. The number of hydrogen-bond acceptors (Lipinski definition) is 5. The number of thiazole rings is 1. The second kappa shape index (κ2) is 7.54. The largest absolute Gasteiger partial charge is 0.301 e. The summed E-state index contributed by atoms with van der Waals surface area (Å²) >= 11 is 1.38. The standard InChI is InChI=1S/C17H18FN5OS/c1-11(16(24)21-17-19-7-8-25-17)23(2)10-13-9-20-22-15(13)12-3-5-14(18)6-4-12/h3-9,11H,10H2,1-2H3,(H,20,22)(H,19,21,24)/t11-/m0/s1. The van der Waals surface area contributed by atoms with E-state index in [1.165, 1.54) is 23.5 Å². The molecule has 25 heavy (non-hydrogen) atoms. The summed E-state index contributed by atoms with van der Waals surface area (Å²) in [4.78, 5) is 18.3. The van der Waals surface area contributed by atoms with Crippen molar-refractivity contribution in [3.63, 3.8) is 0 Å². The molecule has 1 amide bonds. The molecule has 0 bridgehead atoms. The van der Waals surface area contributed by atoms with E-state index in [1.807, 2.05) is 24.3 Å². The number of H-pyrrole nitrogens is 1. The van der Waals surface area contributed by atoms with Gasteiger partial charge in [-0.2, -0.15) is 5.10 Å². The quantitative estimate of drug-likeness (QED) is 0.709. The molecular formula is C17H18FN5OS. The topological polar surface area (TPSA) is 73.9 Å². The molecule has 3 rings (SSSR count). The van der Waals surface area contributed by atoms with E-state index in [0.29, 0.717) is 11.7 Å². The Kier molecular flexibility index (Phi) is 5.20. The lowest BCUT2D eigenvalue weighted by molar-refractivity contribution is -0.120. The van der Waals surface area contributed by atoms with E-state index in [4.69, 9.17) is 0 Å². The zero-order valence-electron chi connectivity index (χ0n) is 13.9. The maximum atomic E-state index is 13.1. The molecule has 0 aliphatic heterocycles. The minimum atomic E-state index is -0.347. The summed E-state index contributed by atoms with van der Waals surface area (Å²) in [6.07, 6.45) is 3.37. The Morgan fingerprint density at radius 1 is 1.40 bits per heavy atom. The van der Waals surface area contributed by atoms with Crippen molar-refractivity contribution in [1.82, 2.24) is 20.1 Å². The maximum Gasteiger partial charge on any atom is 0.243 e. The van der Waals surface area contributed by atoms with E-state index in [9.17, 15) is 9.18 Å². The number of nitrogens with zero attached hydrogens (tertiary/aromatic N) is 3. The van der Waals surface area contributed by atoms with Crippen LogP contribution in [0.2, 0.25) is 0 Å². The minimum Gasteiger partial charge on any atom is -0.301 e. The van der Waals surface area contributed by atoms with Crippen molar-refractivity contribution in [3.05, 3.63) is 53.4 Å². The second-order valence-electron chi connectivity index (χ2n) is 5.69. The zero-order valence-corrected chi connectivity index (χ0v) is 14.7. The molecule has 2 aromatic heterocycles. The van der Waals surface area contributed by atoms with Crippen molar-refractivity contribution >= 4 is 22.4 Å². The Morgan fingerprint density at radius 2 is 2.16 bits per heavy atom. The summed E-state index contributed by atoms with van der Waals surface area (Å²) < 4.78 is 13.1. The van der Waals surface area contributed by atoms with E-state index in [2.05, 4.69) is 20.5 Å². The molecule has 0 aliphatic carbocycles. The number of nitrogens with one attached hydrogen (secondary N) is 2. The van der Waals surface area contributed by atoms with Gasteiger partial charge in [-0.15, -0.1) is 11.3 Å². The molecular weight excluding hydrogens is 341 g/mol. The number of rotatable bonds is 6. The first-order chi connectivity index (χ1) is 12.0. The van der Waals surface area contributed by atoms with E-state index in [-0.39, 0.29) is 17.8 Å². The third-order valence-corrected chi connectivity index (χ3v) is 4.66. The molecule has 2 heterocycles. The molecule has 0 saturated heterocycles. The molecule has 3 aromatic rings. The summed E-state index contributed by atoms with van der Waals surface area (Å²) in [5.74, 6) is -0.404. The highest BCUT2D eigenvalue weighted by atomic mass is 32.1. The molecule has 6 nitrogen and oxygen atoms in total. The SMILES string of the molecule is C[C@@H](C(=O)Nc1nccs1)N(C)Cc1cn[nH]c1-c1ccc(F)cc1. The fraction of sp³-hybridized carbons (Fsp3) is 0.235. The van der Waals surface area contributed by atoms with Crippen molar-refractivity contribution in [2.75, 3.05) is 12.4 Å². The Labute approximate surface area is 148 Å². The average molecular weight is 359 g/mol. The van der Waals surface area contributed by atoms with Crippen LogP contribution in [0.25, 0.3) is 11.3 Å². The number of benzene rings is 1. The lowest BCUT2D eigenvalue weighted by Gasteiger charge is -2.23. The highest BCUT2D eigenvalue weighted by Crippen LogP contribution is 2.23. The Hall–Kier alpha value is -2.58. The molecule has 1 atom stereocenters. The van der Waals surface area contributed by atoms with Gasteiger partial charge in [-0.3, -0.25) is 14.8 Å². The van der Waals surface area contributed by atoms with Gasteiger partial charge in [0.25, 0.3) is 0 Å². The summed E-state index contributed by atoms with van der Waals surface area (Å²) in [5, 5.41) is 12.2. The second-order valence-corrected chi connectivity index (χ2v) is 6.59. The summed E-state index contributed by atoms with van der Waals surface area (Å²) in [6, 6.07) is 5.87. The van der Waals surface area contributed by atoms with Gasteiger partial charge in [0, 0.05) is 29.2 Å². The van der Waals surface area contributed by atoms with Crippen LogP contribution in [0.3, 0.4) is 0 Å². The Morgan fingerprint density at radius 3 is 2.84 bits per heavy atom. The van der Waals surface area contributed by atoms with Crippen LogP contribution in [0.1, 0.15) is 12.5 Å². The molecule has 0 radical (unpaired) electrons. The third-order valence-electron chi connectivity index (χ3n) is 3.97. The lowest BCUT2D eigenvalue weighted by atomic mass is 10.1. The van der Waals surface area contributed by atoms with Gasteiger partial charge in [-0.25, -0.2) is 9.37 Å². The first-order valence-corrected chi connectivity index (χ1v) is 8.61. The van der Waals surface area contributed by atoms with Crippen molar-refractivity contribution in [1.29, 1.82) is 0 Å². The normalized spacial score (nSPS) is 12.3. The fourth-order valence-electron chi connectivity index (χ4n) is 2.40. The lowest BCUT2D eigenvalue weighted by Crippen LogP contribution is -2.39. The van der Waals surface area contributed by atoms with Crippen molar-refractivity contribution in [2.45, 2.75) is 19.5 Å². The van der Waals surface area contributed by atoms with Gasteiger partial charge in [-0.05, 0) is 38.2 Å². The van der Waals surface area contributed by atoms with Gasteiger partial charge in [-0.1, -0.05) is 0 Å². The Balaban J connectivity index is 1.68. The van der Waals surface area contributed by atoms with Crippen molar-refractivity contribution in [3.8, 4) is 11.3 Å². The van der Waals surface area contributed by atoms with Crippen LogP contribution in [-0.4, -0.2) is 39.1 Å². The van der Waals surface area contributed by atoms with Crippen LogP contribution in [-0.2, 0) is 11.3 Å². The van der Waals surface area contributed by atoms with E-state index < -0.39 is 0 Å². The monoisotopic (exact) mass is 359 g/mol. The van der Waals surface area contributed by atoms with Crippen LogP contribution in [0, 0.1) is 5.82 Å². The predicted octanol–water partition coefficient (Wildman–Crippen LogP) is 3.13. The van der Waals surface area contributed by atoms with E-state index in [0.717, 1.165) is 16.8 Å². The number of amides is 1. The highest BCUT2D eigenvalue weighted by Gasteiger charge is 2.20. The maximum absolute atomic E-state index is 13.1. The molecule has 0 aliphatic rings. The molecule has 2 N–H and O–H groups in total. The zero-order chi connectivity index (χ0) is 17.8. The van der Waals surface area contributed by atoms with Gasteiger partial charge < -0.3 is 5.32 Å². The number of aromatic nitrogens is 3. The summed E-state index contributed by atoms with van der Waals surface area (Å²) in [7, 11) is 1.87. The highest BCUT2D eigenvalue weighted by molar-refractivity contribution is 7.13. The van der Waals surface area contributed by atoms with Crippen LogP contribution < -0.4 is 5.32 Å². The fourth-order valence-corrected chi connectivity index (χ4v) is 2.93. The van der Waals surface area contributed by atoms with E-state index >= 15 is 0 Å². The van der Waals surface area contributed by atoms with Gasteiger partial charge in [0.05, 0.1) is 17.9 Å². The van der Waals surface area contributed by atoms with Crippen molar-refractivity contribution in [2.24, 2.45) is 0 Å². The summed E-state index contributed by atoms with van der Waals surface area (Å²) in [6.45, 7) is 2.36. The molecule has 0 saturated carbocycles. The van der Waals surface area contributed by atoms with E-state index in [1.54, 1.807) is 24.5 Å². The average Bonchev–Trinajstić information content (AvgIpc) is 3.27. The van der Waals surface area contributed by atoms with Gasteiger partial charge in [0.2, 0.25) is 5.91 Å². The molecule has 0 spiro atoms. The predicted molar refractivity (Wildman–Crippen MR) is 95.7 cm³/mol. The molecule has 130 valence electrons. The van der Waals surface area contributed by atoms with Crippen LogP contribution in [0.4, 0.5) is 9.52 Å². The summed E-state index contributed by atoms with van der Waals surface area (Å²) in [5.41, 5.74) is 2.60. The molecule has 0 fully saturated rings. The van der Waals surface area contributed by atoms with Crippen LogP contribution >= 0.6 is 11.3 Å². The van der Waals surface area contributed by atoms with Crippen LogP contribution in [0.15, 0.2) is 42.0 Å².